The van der Waals surface area contributed by atoms with Gasteiger partial charge in [-0.1, -0.05) is 35.8 Å². The van der Waals surface area contributed by atoms with Gasteiger partial charge in [0, 0.05) is 34.1 Å². The molecule has 0 bridgehead atoms. The van der Waals surface area contributed by atoms with Crippen LogP contribution < -0.4 is 5.32 Å². The standard InChI is InChI=1S/C16H22BrN3S/c1-3-9-20-10-8-19-16(20)15(18-4-2)12-21-14-7-5-6-13(17)11-14/h5-8,10-11,15,18H,3-4,9,12H2,1-2H3. The predicted molar refractivity (Wildman–Crippen MR) is 93.8 cm³/mol. The van der Waals surface area contributed by atoms with Crippen LogP contribution in [-0.4, -0.2) is 21.8 Å². The molecule has 0 fully saturated rings. The van der Waals surface area contributed by atoms with Gasteiger partial charge in [0.25, 0.3) is 0 Å². The van der Waals surface area contributed by atoms with Crippen LogP contribution in [0.4, 0.5) is 0 Å². The van der Waals surface area contributed by atoms with E-state index in [-0.39, 0.29) is 6.04 Å². The topological polar surface area (TPSA) is 29.9 Å². The van der Waals surface area contributed by atoms with Gasteiger partial charge in [0.15, 0.2) is 0 Å². The Hall–Kier alpha value is -0.780. The predicted octanol–water partition coefficient (Wildman–Crippen LogP) is 4.50. The Bertz CT molecular complexity index is 556. The Labute approximate surface area is 139 Å². The van der Waals surface area contributed by atoms with Gasteiger partial charge in [-0.25, -0.2) is 4.98 Å². The van der Waals surface area contributed by atoms with E-state index >= 15 is 0 Å². The largest absolute Gasteiger partial charge is 0.334 e. The number of imidazole rings is 1. The molecule has 1 heterocycles. The van der Waals surface area contributed by atoms with Gasteiger partial charge in [0.05, 0.1) is 6.04 Å². The third-order valence-corrected chi connectivity index (χ3v) is 4.77. The first-order valence-electron chi connectivity index (χ1n) is 7.37. The number of nitrogens with one attached hydrogen (secondary N) is 1. The second-order valence-corrected chi connectivity index (χ2v) is 6.87. The zero-order valence-corrected chi connectivity index (χ0v) is 15.0. The number of rotatable bonds is 8. The molecule has 1 unspecified atom stereocenters. The van der Waals surface area contributed by atoms with Crippen molar-refractivity contribution in [1.29, 1.82) is 0 Å². The summed E-state index contributed by atoms with van der Waals surface area (Å²) in [5.41, 5.74) is 0. The lowest BCUT2D eigenvalue weighted by Gasteiger charge is -2.18. The summed E-state index contributed by atoms with van der Waals surface area (Å²) >= 11 is 5.39. The van der Waals surface area contributed by atoms with Crippen molar-refractivity contribution < 1.29 is 0 Å². The molecule has 3 nitrogen and oxygen atoms in total. The lowest BCUT2D eigenvalue weighted by molar-refractivity contribution is 0.527. The van der Waals surface area contributed by atoms with Crippen molar-refractivity contribution in [3.8, 4) is 0 Å². The number of aromatic nitrogens is 2. The maximum Gasteiger partial charge on any atom is 0.126 e. The number of hydrogen-bond acceptors (Lipinski definition) is 3. The average Bonchev–Trinajstić information content (AvgIpc) is 2.92. The van der Waals surface area contributed by atoms with Crippen molar-refractivity contribution in [3.63, 3.8) is 0 Å². The minimum atomic E-state index is 0.278. The molecule has 0 aliphatic carbocycles. The van der Waals surface area contributed by atoms with Crippen molar-refractivity contribution in [2.75, 3.05) is 12.3 Å². The molecule has 114 valence electrons. The van der Waals surface area contributed by atoms with Crippen LogP contribution in [0.1, 0.15) is 32.1 Å². The summed E-state index contributed by atoms with van der Waals surface area (Å²) in [6.45, 7) is 6.31. The molecular formula is C16H22BrN3S. The van der Waals surface area contributed by atoms with E-state index in [0.29, 0.717) is 0 Å². The second kappa shape index (κ2) is 8.61. The maximum atomic E-state index is 4.56. The van der Waals surface area contributed by atoms with Crippen LogP contribution in [0, 0.1) is 0 Å². The number of hydrogen-bond donors (Lipinski definition) is 1. The van der Waals surface area contributed by atoms with Crippen molar-refractivity contribution in [1.82, 2.24) is 14.9 Å². The fraction of sp³-hybridized carbons (Fsp3) is 0.438. The summed E-state index contributed by atoms with van der Waals surface area (Å²) in [7, 11) is 0. The van der Waals surface area contributed by atoms with Crippen LogP contribution in [0.15, 0.2) is 46.0 Å². The highest BCUT2D eigenvalue weighted by molar-refractivity contribution is 9.10. The summed E-state index contributed by atoms with van der Waals surface area (Å²) in [6, 6.07) is 8.72. The molecule has 5 heteroatoms. The van der Waals surface area contributed by atoms with E-state index in [2.05, 4.69) is 75.1 Å². The van der Waals surface area contributed by atoms with E-state index in [4.69, 9.17) is 0 Å². The Morgan fingerprint density at radius 3 is 2.95 bits per heavy atom. The summed E-state index contributed by atoms with van der Waals surface area (Å²) in [4.78, 5) is 5.84. The van der Waals surface area contributed by atoms with E-state index in [9.17, 15) is 0 Å². The first-order valence-corrected chi connectivity index (χ1v) is 9.15. The Kier molecular flexibility index (Phi) is 6.80. The monoisotopic (exact) mass is 367 g/mol. The highest BCUT2D eigenvalue weighted by atomic mass is 79.9. The van der Waals surface area contributed by atoms with Crippen molar-refractivity contribution in [2.24, 2.45) is 0 Å². The Morgan fingerprint density at radius 1 is 1.38 bits per heavy atom. The SMILES string of the molecule is CCCn1ccnc1C(CSc1cccc(Br)c1)NCC. The van der Waals surface area contributed by atoms with Gasteiger partial charge in [-0.3, -0.25) is 0 Å². The fourth-order valence-corrected chi connectivity index (χ4v) is 3.83. The molecule has 0 saturated heterocycles. The van der Waals surface area contributed by atoms with E-state index in [1.807, 2.05) is 18.0 Å². The third kappa shape index (κ3) is 4.87. The van der Waals surface area contributed by atoms with Crippen molar-refractivity contribution in [3.05, 3.63) is 47.0 Å². The lowest BCUT2D eigenvalue weighted by atomic mass is 10.3. The van der Waals surface area contributed by atoms with Gasteiger partial charge in [0.2, 0.25) is 0 Å². The normalized spacial score (nSPS) is 12.5. The van der Waals surface area contributed by atoms with Gasteiger partial charge in [-0.05, 0) is 31.2 Å². The third-order valence-electron chi connectivity index (χ3n) is 3.19. The first kappa shape index (κ1) is 16.6. The number of halogens is 1. The molecular weight excluding hydrogens is 346 g/mol. The average molecular weight is 368 g/mol. The number of aryl methyl sites for hydroxylation is 1. The Balaban J connectivity index is 2.06. The minimum Gasteiger partial charge on any atom is -0.334 e. The van der Waals surface area contributed by atoms with Crippen molar-refractivity contribution >= 4 is 27.7 Å². The molecule has 0 amide bonds. The summed E-state index contributed by atoms with van der Waals surface area (Å²) < 4.78 is 3.38. The van der Waals surface area contributed by atoms with Gasteiger partial charge >= 0.3 is 0 Å². The van der Waals surface area contributed by atoms with Crippen molar-refractivity contribution in [2.45, 2.75) is 37.8 Å². The first-order chi connectivity index (χ1) is 10.2. The highest BCUT2D eigenvalue weighted by Gasteiger charge is 2.16. The van der Waals surface area contributed by atoms with E-state index in [1.165, 1.54) is 4.90 Å². The van der Waals surface area contributed by atoms with E-state index in [1.54, 1.807) is 0 Å². The number of nitrogens with zero attached hydrogens (tertiary/aromatic N) is 2. The summed E-state index contributed by atoms with van der Waals surface area (Å²) in [6.07, 6.45) is 5.10. The zero-order chi connectivity index (χ0) is 15.1. The lowest BCUT2D eigenvalue weighted by Crippen LogP contribution is -2.26. The van der Waals surface area contributed by atoms with Gasteiger partial charge in [-0.2, -0.15) is 0 Å². The van der Waals surface area contributed by atoms with E-state index < -0.39 is 0 Å². The van der Waals surface area contributed by atoms with E-state index in [0.717, 1.165) is 35.6 Å². The minimum absolute atomic E-state index is 0.278. The number of benzene rings is 1. The van der Waals surface area contributed by atoms with Gasteiger partial charge < -0.3 is 9.88 Å². The zero-order valence-electron chi connectivity index (χ0n) is 12.6. The van der Waals surface area contributed by atoms with Crippen LogP contribution in [-0.2, 0) is 6.54 Å². The van der Waals surface area contributed by atoms with Crippen LogP contribution in [0.25, 0.3) is 0 Å². The molecule has 1 aromatic heterocycles. The molecule has 0 aliphatic rings. The molecule has 2 aromatic rings. The van der Waals surface area contributed by atoms with Gasteiger partial charge in [-0.15, -0.1) is 11.8 Å². The summed E-state index contributed by atoms with van der Waals surface area (Å²) in [5.74, 6) is 2.12. The molecule has 1 atom stereocenters. The fourth-order valence-electron chi connectivity index (χ4n) is 2.27. The summed E-state index contributed by atoms with van der Waals surface area (Å²) in [5, 5.41) is 3.55. The van der Waals surface area contributed by atoms with Crippen LogP contribution in [0.5, 0.6) is 0 Å². The highest BCUT2D eigenvalue weighted by Crippen LogP contribution is 2.26. The molecule has 0 aliphatic heterocycles. The van der Waals surface area contributed by atoms with Gasteiger partial charge in [0.1, 0.15) is 5.82 Å². The molecule has 1 aromatic carbocycles. The molecule has 1 N–H and O–H groups in total. The number of thioether (sulfide) groups is 1. The second-order valence-electron chi connectivity index (χ2n) is 4.86. The maximum absolute atomic E-state index is 4.56. The Morgan fingerprint density at radius 2 is 2.24 bits per heavy atom. The molecule has 0 spiro atoms. The molecule has 2 rings (SSSR count). The molecule has 0 radical (unpaired) electrons. The molecule has 21 heavy (non-hydrogen) atoms. The quantitative estimate of drug-likeness (QED) is 0.696. The van der Waals surface area contributed by atoms with Crippen LogP contribution in [0.2, 0.25) is 0 Å². The van der Waals surface area contributed by atoms with Crippen LogP contribution in [0.3, 0.4) is 0 Å². The van der Waals surface area contributed by atoms with Crippen LogP contribution >= 0.6 is 27.7 Å². The smallest absolute Gasteiger partial charge is 0.126 e. The molecule has 0 saturated carbocycles.